The second kappa shape index (κ2) is 6.38. The average molecular weight is 363 g/mol. The third kappa shape index (κ3) is 3.50. The van der Waals surface area contributed by atoms with Crippen LogP contribution in [0.2, 0.25) is 10.0 Å². The van der Waals surface area contributed by atoms with Gasteiger partial charge in [0, 0.05) is 11.1 Å². The molecule has 1 heterocycles. The van der Waals surface area contributed by atoms with Gasteiger partial charge in [0.1, 0.15) is 11.4 Å². The first-order chi connectivity index (χ1) is 11.4. The molecular formula is C18H16Cl2N2O2. The van der Waals surface area contributed by atoms with Crippen LogP contribution in [0.1, 0.15) is 29.8 Å². The van der Waals surface area contributed by atoms with Crippen LogP contribution in [-0.2, 0) is 0 Å². The molecule has 0 unspecified atom stereocenters. The van der Waals surface area contributed by atoms with E-state index in [1.54, 1.807) is 36.4 Å². The Kier molecular flexibility index (Phi) is 4.43. The van der Waals surface area contributed by atoms with Crippen molar-refractivity contribution < 1.29 is 9.53 Å². The third-order valence-electron chi connectivity index (χ3n) is 3.57. The first-order valence-electron chi connectivity index (χ1n) is 7.38. The van der Waals surface area contributed by atoms with Gasteiger partial charge >= 0.3 is 0 Å². The fourth-order valence-electron chi connectivity index (χ4n) is 2.32. The third-order valence-corrected chi connectivity index (χ3v) is 4.39. The van der Waals surface area contributed by atoms with Crippen molar-refractivity contribution in [3.05, 3.63) is 63.6 Å². The van der Waals surface area contributed by atoms with Crippen LogP contribution in [0.5, 0.6) is 5.75 Å². The van der Waals surface area contributed by atoms with E-state index in [-0.39, 0.29) is 11.5 Å². The molecule has 1 aliphatic heterocycles. The van der Waals surface area contributed by atoms with Gasteiger partial charge < -0.3 is 4.74 Å². The Balaban J connectivity index is 1.73. The lowest BCUT2D eigenvalue weighted by Gasteiger charge is -2.27. The quantitative estimate of drug-likeness (QED) is 0.760. The molecule has 2 N–H and O–H groups in total. The Morgan fingerprint density at radius 2 is 1.96 bits per heavy atom. The van der Waals surface area contributed by atoms with Crippen LogP contribution in [0.15, 0.2) is 42.5 Å². The monoisotopic (exact) mass is 362 g/mol. The molecule has 0 fully saturated rings. The van der Waals surface area contributed by atoms with Crippen LogP contribution in [0.3, 0.4) is 0 Å². The highest BCUT2D eigenvalue weighted by Gasteiger charge is 2.22. The fraction of sp³-hybridized carbons (Fsp3) is 0.167. The minimum absolute atomic E-state index is 0.285. The smallest absolute Gasteiger partial charge is 0.269 e. The lowest BCUT2D eigenvalue weighted by atomic mass is 10.0. The molecule has 0 bridgehead atoms. The van der Waals surface area contributed by atoms with Gasteiger partial charge in [-0.25, -0.2) is 0 Å². The number of carbonyl (C=O) groups excluding carboxylic acids is 1. The molecule has 4 nitrogen and oxygen atoms in total. The molecule has 0 radical (unpaired) electrons. The largest absolute Gasteiger partial charge is 0.483 e. The van der Waals surface area contributed by atoms with Crippen LogP contribution in [0.4, 0.5) is 5.69 Å². The Hall–Kier alpha value is -2.17. The number of carbonyl (C=O) groups is 1. The maximum absolute atomic E-state index is 12.3. The molecule has 24 heavy (non-hydrogen) atoms. The first-order valence-corrected chi connectivity index (χ1v) is 8.14. The van der Waals surface area contributed by atoms with E-state index < -0.39 is 0 Å². The molecule has 2 aromatic rings. The van der Waals surface area contributed by atoms with E-state index in [0.29, 0.717) is 21.3 Å². The highest BCUT2D eigenvalue weighted by atomic mass is 35.5. The molecule has 0 aliphatic carbocycles. The molecule has 0 saturated carbocycles. The molecular weight excluding hydrogens is 347 g/mol. The highest BCUT2D eigenvalue weighted by Crippen LogP contribution is 2.31. The van der Waals surface area contributed by atoms with Gasteiger partial charge in [0.05, 0.1) is 15.7 Å². The number of benzene rings is 2. The van der Waals surface area contributed by atoms with Gasteiger partial charge in [-0.1, -0.05) is 35.3 Å². The number of fused-ring (bicyclic) bond motifs is 1. The Morgan fingerprint density at radius 3 is 2.75 bits per heavy atom. The van der Waals surface area contributed by atoms with Crippen LogP contribution in [0, 0.1) is 0 Å². The number of nitrogens with one attached hydrogen (secondary N) is 2. The molecule has 6 heteroatoms. The van der Waals surface area contributed by atoms with Crippen molar-refractivity contribution in [1.29, 1.82) is 0 Å². The summed E-state index contributed by atoms with van der Waals surface area (Å²) >= 11 is 12.0. The van der Waals surface area contributed by atoms with Crippen molar-refractivity contribution in [3.63, 3.8) is 0 Å². The second-order valence-electron chi connectivity index (χ2n) is 5.97. The maximum atomic E-state index is 12.3. The van der Waals surface area contributed by atoms with Gasteiger partial charge in [0.2, 0.25) is 0 Å². The summed E-state index contributed by atoms with van der Waals surface area (Å²) in [5.41, 5.74) is 6.94. The summed E-state index contributed by atoms with van der Waals surface area (Å²) in [4.78, 5) is 12.3. The summed E-state index contributed by atoms with van der Waals surface area (Å²) in [5.74, 6) is 0.469. The molecule has 0 spiro atoms. The van der Waals surface area contributed by atoms with Gasteiger partial charge in [-0.05, 0) is 50.3 Å². The van der Waals surface area contributed by atoms with Crippen molar-refractivity contribution in [2.75, 3.05) is 5.43 Å². The van der Waals surface area contributed by atoms with E-state index in [1.165, 1.54) is 0 Å². The molecule has 124 valence electrons. The maximum Gasteiger partial charge on any atom is 0.269 e. The fourth-order valence-corrected chi connectivity index (χ4v) is 2.67. The second-order valence-corrected chi connectivity index (χ2v) is 6.76. The zero-order valence-corrected chi connectivity index (χ0v) is 14.7. The van der Waals surface area contributed by atoms with Crippen LogP contribution in [-0.4, -0.2) is 11.5 Å². The van der Waals surface area contributed by atoms with Crippen LogP contribution in [0.25, 0.3) is 6.08 Å². The summed E-state index contributed by atoms with van der Waals surface area (Å²) < 4.78 is 5.85. The predicted molar refractivity (Wildman–Crippen MR) is 97.7 cm³/mol. The normalized spacial score (nSPS) is 14.5. The summed E-state index contributed by atoms with van der Waals surface area (Å²) in [6.07, 6.45) is 3.91. The van der Waals surface area contributed by atoms with E-state index in [1.807, 2.05) is 26.0 Å². The lowest BCUT2D eigenvalue weighted by molar-refractivity contribution is 0.0962. The highest BCUT2D eigenvalue weighted by molar-refractivity contribution is 6.43. The van der Waals surface area contributed by atoms with Gasteiger partial charge in [-0.15, -0.1) is 0 Å². The number of amides is 1. The Bertz CT molecular complexity index is 832. The molecule has 0 atom stereocenters. The van der Waals surface area contributed by atoms with Crippen molar-refractivity contribution in [2.24, 2.45) is 0 Å². The number of anilines is 1. The standard InChI is InChI=1S/C18H16Cl2N2O2/c1-18(2)9-8-11-10-12(6-7-15(11)24-18)17(23)22-21-14-5-3-4-13(19)16(14)20/h3-10,21H,1-2H3,(H,22,23). The number of halogens is 2. The SMILES string of the molecule is CC1(C)C=Cc2cc(C(=O)NNc3cccc(Cl)c3Cl)ccc2O1. The van der Waals surface area contributed by atoms with E-state index in [4.69, 9.17) is 27.9 Å². The van der Waals surface area contributed by atoms with Gasteiger partial charge in [0.25, 0.3) is 5.91 Å². The molecule has 1 aliphatic rings. The molecule has 0 aromatic heterocycles. The minimum atomic E-state index is -0.346. The van der Waals surface area contributed by atoms with Crippen molar-refractivity contribution in [2.45, 2.75) is 19.4 Å². The first kappa shape index (κ1) is 16.7. The number of hydrazine groups is 1. The molecule has 2 aromatic carbocycles. The van der Waals surface area contributed by atoms with E-state index in [0.717, 1.165) is 11.3 Å². The van der Waals surface area contributed by atoms with Crippen molar-refractivity contribution >= 4 is 40.9 Å². The van der Waals surface area contributed by atoms with E-state index >= 15 is 0 Å². The van der Waals surface area contributed by atoms with Crippen molar-refractivity contribution in [1.82, 2.24) is 5.43 Å². The minimum Gasteiger partial charge on any atom is -0.483 e. The van der Waals surface area contributed by atoms with Gasteiger partial charge in [0.15, 0.2) is 0 Å². The number of hydrogen-bond donors (Lipinski definition) is 2. The molecule has 0 saturated heterocycles. The topological polar surface area (TPSA) is 50.4 Å². The van der Waals surface area contributed by atoms with E-state index in [2.05, 4.69) is 10.9 Å². The van der Waals surface area contributed by atoms with Gasteiger partial charge in [-0.2, -0.15) is 0 Å². The Labute approximate surface area is 150 Å². The summed E-state index contributed by atoms with van der Waals surface area (Å²) in [6.45, 7) is 3.96. The summed E-state index contributed by atoms with van der Waals surface area (Å²) in [5, 5.41) is 0.762. The molecule has 1 amide bonds. The van der Waals surface area contributed by atoms with Crippen LogP contribution < -0.4 is 15.6 Å². The Morgan fingerprint density at radius 1 is 1.17 bits per heavy atom. The predicted octanol–water partition coefficient (Wildman–Crippen LogP) is 4.93. The van der Waals surface area contributed by atoms with E-state index in [9.17, 15) is 4.79 Å². The zero-order valence-electron chi connectivity index (χ0n) is 13.2. The summed E-state index contributed by atoms with van der Waals surface area (Å²) in [7, 11) is 0. The van der Waals surface area contributed by atoms with Crippen LogP contribution >= 0.6 is 23.2 Å². The lowest BCUT2D eigenvalue weighted by Crippen LogP contribution is -2.30. The molecule has 3 rings (SSSR count). The number of hydrogen-bond acceptors (Lipinski definition) is 3. The number of ether oxygens (including phenoxy) is 1. The average Bonchev–Trinajstić information content (AvgIpc) is 2.54. The zero-order chi connectivity index (χ0) is 17.3. The summed E-state index contributed by atoms with van der Waals surface area (Å²) in [6, 6.07) is 10.4. The van der Waals surface area contributed by atoms with Crippen molar-refractivity contribution in [3.8, 4) is 5.75 Å². The number of rotatable bonds is 3. The van der Waals surface area contributed by atoms with Gasteiger partial charge in [-0.3, -0.25) is 15.6 Å².